The topological polar surface area (TPSA) is 77.6 Å². The molecule has 2 aromatic heterocycles. The average molecular weight is 384 g/mol. The Morgan fingerprint density at radius 2 is 1.32 bits per heavy atom. The zero-order chi connectivity index (χ0) is 19.0. The van der Waals surface area contributed by atoms with E-state index in [1.807, 2.05) is 18.5 Å². The zero-order valence-electron chi connectivity index (χ0n) is 16.2. The van der Waals surface area contributed by atoms with Crippen molar-refractivity contribution < 1.29 is 4.74 Å². The van der Waals surface area contributed by atoms with Gasteiger partial charge in [0.1, 0.15) is 0 Å². The quantitative estimate of drug-likeness (QED) is 0.615. The molecule has 0 radical (unpaired) electrons. The Morgan fingerprint density at radius 1 is 0.786 bits per heavy atom. The highest BCUT2D eigenvalue weighted by Gasteiger charge is 2.12. The number of hydrogen-bond acceptors (Lipinski definition) is 8. The second kappa shape index (κ2) is 9.79. The maximum absolute atomic E-state index is 5.39. The predicted molar refractivity (Wildman–Crippen MR) is 110 cm³/mol. The van der Waals surface area contributed by atoms with Gasteiger partial charge >= 0.3 is 0 Å². The van der Waals surface area contributed by atoms with E-state index in [1.54, 1.807) is 0 Å². The number of anilines is 2. The van der Waals surface area contributed by atoms with E-state index in [1.165, 1.54) is 0 Å². The number of aromatic nitrogens is 2. The summed E-state index contributed by atoms with van der Waals surface area (Å²) in [6, 6.07) is 8.24. The molecule has 0 atom stereocenters. The fourth-order valence-electron chi connectivity index (χ4n) is 3.42. The van der Waals surface area contributed by atoms with Crippen LogP contribution in [0.4, 0.5) is 11.4 Å². The van der Waals surface area contributed by atoms with Crippen LogP contribution in [0.5, 0.6) is 0 Å². The fourth-order valence-corrected chi connectivity index (χ4v) is 3.42. The summed E-state index contributed by atoms with van der Waals surface area (Å²) < 4.78 is 5.39. The molecule has 8 heteroatoms. The largest absolute Gasteiger partial charge is 0.379 e. The molecule has 2 aromatic rings. The van der Waals surface area contributed by atoms with Gasteiger partial charge in [-0.1, -0.05) is 0 Å². The van der Waals surface area contributed by atoms with Crippen LogP contribution in [0.15, 0.2) is 36.7 Å². The maximum Gasteiger partial charge on any atom is 0.0723 e. The summed E-state index contributed by atoms with van der Waals surface area (Å²) in [5.41, 5.74) is 10.4. The third kappa shape index (κ3) is 5.62. The predicted octanol–water partition coefficient (Wildman–Crippen LogP) is 1.15. The minimum absolute atomic E-state index is 0.811. The Labute approximate surface area is 166 Å². The molecule has 0 bridgehead atoms. The lowest BCUT2D eigenvalue weighted by Gasteiger charge is -2.26. The molecule has 0 amide bonds. The van der Waals surface area contributed by atoms with Gasteiger partial charge in [0.25, 0.3) is 0 Å². The molecule has 150 valence electrons. The van der Waals surface area contributed by atoms with Crippen molar-refractivity contribution in [1.29, 1.82) is 0 Å². The second-order valence-electron chi connectivity index (χ2n) is 7.24. The average Bonchev–Trinajstić information content (AvgIpc) is 2.76. The lowest BCUT2D eigenvalue weighted by molar-refractivity contribution is 0.0336. The number of ether oxygens (including phenoxy) is 1. The molecule has 0 unspecified atom stereocenters. The standard InChI is InChI=1S/C20H29N7O/c1-3-19(15-26-7-5-21-6-8-26)22-13-17(1)24-25-18-2-4-20(23-14-18)16-27-9-11-28-12-10-27/h1-4,13-14,21,24-25H,5-12,15-16H2. The van der Waals surface area contributed by atoms with Crippen molar-refractivity contribution in [3.05, 3.63) is 48.0 Å². The first-order valence-corrected chi connectivity index (χ1v) is 10.0. The molecule has 0 saturated carbocycles. The van der Waals surface area contributed by atoms with E-state index in [0.29, 0.717) is 0 Å². The van der Waals surface area contributed by atoms with Crippen LogP contribution in [0, 0.1) is 0 Å². The maximum atomic E-state index is 5.39. The molecular formula is C20H29N7O. The Morgan fingerprint density at radius 3 is 1.82 bits per heavy atom. The van der Waals surface area contributed by atoms with Crippen LogP contribution in [0.1, 0.15) is 11.4 Å². The van der Waals surface area contributed by atoms with E-state index >= 15 is 0 Å². The first-order valence-electron chi connectivity index (χ1n) is 10.0. The van der Waals surface area contributed by atoms with Crippen molar-refractivity contribution in [2.24, 2.45) is 0 Å². The summed E-state index contributed by atoms with van der Waals surface area (Å²) >= 11 is 0. The van der Waals surface area contributed by atoms with E-state index in [0.717, 1.165) is 88.3 Å². The van der Waals surface area contributed by atoms with E-state index in [-0.39, 0.29) is 0 Å². The van der Waals surface area contributed by atoms with Crippen LogP contribution >= 0.6 is 0 Å². The molecule has 0 spiro atoms. The van der Waals surface area contributed by atoms with Crippen LogP contribution in [0.25, 0.3) is 0 Å². The SMILES string of the molecule is c1cc(CN2CCNCC2)ncc1NNc1ccc(CN2CCOCC2)nc1. The highest BCUT2D eigenvalue weighted by molar-refractivity contribution is 5.50. The highest BCUT2D eigenvalue weighted by atomic mass is 16.5. The smallest absolute Gasteiger partial charge is 0.0723 e. The Hall–Kier alpha value is -2.26. The Bertz CT molecular complexity index is 647. The molecule has 28 heavy (non-hydrogen) atoms. The van der Waals surface area contributed by atoms with Gasteiger partial charge in [-0.15, -0.1) is 0 Å². The first-order chi connectivity index (χ1) is 13.8. The van der Waals surface area contributed by atoms with Crippen molar-refractivity contribution in [3.63, 3.8) is 0 Å². The van der Waals surface area contributed by atoms with Crippen LogP contribution in [0.3, 0.4) is 0 Å². The third-order valence-electron chi connectivity index (χ3n) is 5.09. The lowest BCUT2D eigenvalue weighted by Crippen LogP contribution is -2.43. The number of rotatable bonds is 7. The summed E-state index contributed by atoms with van der Waals surface area (Å²) in [5, 5.41) is 3.37. The lowest BCUT2D eigenvalue weighted by atomic mass is 10.3. The molecular weight excluding hydrogens is 354 g/mol. The minimum atomic E-state index is 0.811. The molecule has 8 nitrogen and oxygen atoms in total. The molecule has 0 aliphatic carbocycles. The van der Waals surface area contributed by atoms with Crippen LogP contribution in [0.2, 0.25) is 0 Å². The van der Waals surface area contributed by atoms with Gasteiger partial charge in [0, 0.05) is 52.4 Å². The molecule has 3 N–H and O–H groups in total. The summed E-state index contributed by atoms with van der Waals surface area (Å²) in [5.74, 6) is 0. The third-order valence-corrected chi connectivity index (χ3v) is 5.09. The van der Waals surface area contributed by atoms with Crippen molar-refractivity contribution in [1.82, 2.24) is 25.1 Å². The Kier molecular flexibility index (Phi) is 6.67. The number of hydrazine groups is 1. The van der Waals surface area contributed by atoms with Gasteiger partial charge in [-0.25, -0.2) is 0 Å². The first kappa shape index (κ1) is 19.1. The molecule has 2 saturated heterocycles. The van der Waals surface area contributed by atoms with Crippen LogP contribution in [-0.4, -0.2) is 72.3 Å². The number of piperazine rings is 1. The zero-order valence-corrected chi connectivity index (χ0v) is 16.2. The normalized spacial score (nSPS) is 18.7. The van der Waals surface area contributed by atoms with Gasteiger partial charge in [-0.05, 0) is 24.3 Å². The monoisotopic (exact) mass is 383 g/mol. The molecule has 4 rings (SSSR count). The van der Waals surface area contributed by atoms with Crippen molar-refractivity contribution in [2.45, 2.75) is 13.1 Å². The number of morpholine rings is 1. The molecule has 4 heterocycles. The molecule has 2 aliphatic rings. The molecule has 2 fully saturated rings. The van der Waals surface area contributed by atoms with Gasteiger partial charge in [0.2, 0.25) is 0 Å². The number of nitrogens with one attached hydrogen (secondary N) is 3. The van der Waals surface area contributed by atoms with Gasteiger partial charge in [-0.3, -0.25) is 30.6 Å². The summed E-state index contributed by atoms with van der Waals surface area (Å²) in [6.07, 6.45) is 3.72. The van der Waals surface area contributed by atoms with E-state index in [9.17, 15) is 0 Å². The number of pyridine rings is 2. The fraction of sp³-hybridized carbons (Fsp3) is 0.500. The van der Waals surface area contributed by atoms with Crippen molar-refractivity contribution >= 4 is 11.4 Å². The van der Waals surface area contributed by atoms with Crippen molar-refractivity contribution in [3.8, 4) is 0 Å². The van der Waals surface area contributed by atoms with Gasteiger partial charge in [-0.2, -0.15) is 0 Å². The summed E-state index contributed by atoms with van der Waals surface area (Å²) in [7, 11) is 0. The Balaban J connectivity index is 1.23. The van der Waals surface area contributed by atoms with Gasteiger partial charge < -0.3 is 10.1 Å². The number of hydrogen-bond donors (Lipinski definition) is 3. The van der Waals surface area contributed by atoms with Gasteiger partial charge in [0.15, 0.2) is 0 Å². The minimum Gasteiger partial charge on any atom is -0.379 e. The van der Waals surface area contributed by atoms with E-state index in [2.05, 4.69) is 54.1 Å². The van der Waals surface area contributed by atoms with E-state index in [4.69, 9.17) is 4.74 Å². The summed E-state index contributed by atoms with van der Waals surface area (Å²) in [6.45, 7) is 9.62. The molecule has 0 aromatic carbocycles. The second-order valence-corrected chi connectivity index (χ2v) is 7.24. The highest BCUT2D eigenvalue weighted by Crippen LogP contribution is 2.12. The van der Waals surface area contributed by atoms with Crippen LogP contribution < -0.4 is 16.2 Å². The van der Waals surface area contributed by atoms with Crippen molar-refractivity contribution in [2.75, 3.05) is 63.3 Å². The van der Waals surface area contributed by atoms with Gasteiger partial charge in [0.05, 0.1) is 48.4 Å². The number of nitrogens with zero attached hydrogens (tertiary/aromatic N) is 4. The summed E-state index contributed by atoms with van der Waals surface area (Å²) in [4.78, 5) is 13.9. The molecule has 2 aliphatic heterocycles. The van der Waals surface area contributed by atoms with Crippen LogP contribution in [-0.2, 0) is 17.8 Å². The van der Waals surface area contributed by atoms with E-state index < -0.39 is 0 Å².